The third-order valence-corrected chi connectivity index (χ3v) is 4.33. The molecule has 0 aromatic heterocycles. The summed E-state index contributed by atoms with van der Waals surface area (Å²) in [6, 6.07) is 16.9. The van der Waals surface area contributed by atoms with Gasteiger partial charge in [-0.05, 0) is 48.1 Å². The fourth-order valence-corrected chi connectivity index (χ4v) is 3.25. The highest BCUT2D eigenvalue weighted by Crippen LogP contribution is 2.39. The summed E-state index contributed by atoms with van der Waals surface area (Å²) in [5.74, 6) is 1.29. The van der Waals surface area contributed by atoms with Crippen LogP contribution in [0.3, 0.4) is 0 Å². The Balaban J connectivity index is 1.93. The summed E-state index contributed by atoms with van der Waals surface area (Å²) in [7, 11) is 1.69. The van der Waals surface area contributed by atoms with E-state index in [-0.39, 0.29) is 6.04 Å². The number of ether oxygens (including phenoxy) is 1. The molecule has 0 radical (unpaired) electrons. The fraction of sp³-hybridized carbons (Fsp3) is 0.333. The van der Waals surface area contributed by atoms with Crippen LogP contribution < -0.4 is 10.5 Å². The zero-order chi connectivity index (χ0) is 13.9. The van der Waals surface area contributed by atoms with Gasteiger partial charge in [0.2, 0.25) is 0 Å². The van der Waals surface area contributed by atoms with Crippen LogP contribution in [0.15, 0.2) is 48.5 Å². The van der Waals surface area contributed by atoms with Gasteiger partial charge in [0, 0.05) is 12.0 Å². The molecule has 0 fully saturated rings. The maximum absolute atomic E-state index is 6.55. The highest BCUT2D eigenvalue weighted by molar-refractivity contribution is 5.38. The van der Waals surface area contributed by atoms with Crippen LogP contribution in [0, 0.1) is 0 Å². The zero-order valence-electron chi connectivity index (χ0n) is 11.9. The Kier molecular flexibility index (Phi) is 3.75. The molecule has 104 valence electrons. The van der Waals surface area contributed by atoms with Gasteiger partial charge in [-0.1, -0.05) is 36.4 Å². The van der Waals surface area contributed by atoms with E-state index < -0.39 is 0 Å². The molecule has 0 spiro atoms. The van der Waals surface area contributed by atoms with Crippen molar-refractivity contribution < 1.29 is 4.74 Å². The fourth-order valence-electron chi connectivity index (χ4n) is 3.25. The summed E-state index contributed by atoms with van der Waals surface area (Å²) in [5.41, 5.74) is 10.6. The molecule has 0 heterocycles. The van der Waals surface area contributed by atoms with Crippen molar-refractivity contribution in [1.82, 2.24) is 0 Å². The van der Waals surface area contributed by atoms with Crippen molar-refractivity contribution in [3.05, 3.63) is 65.2 Å². The van der Waals surface area contributed by atoms with Gasteiger partial charge in [0.25, 0.3) is 0 Å². The summed E-state index contributed by atoms with van der Waals surface area (Å²) in [5, 5.41) is 0. The van der Waals surface area contributed by atoms with E-state index in [2.05, 4.69) is 36.4 Å². The molecule has 0 aliphatic heterocycles. The minimum absolute atomic E-state index is 0.0338. The largest absolute Gasteiger partial charge is 0.497 e. The molecule has 1 aliphatic carbocycles. The van der Waals surface area contributed by atoms with Gasteiger partial charge < -0.3 is 10.5 Å². The highest BCUT2D eigenvalue weighted by atomic mass is 16.5. The Morgan fingerprint density at radius 1 is 1.15 bits per heavy atom. The number of aryl methyl sites for hydroxylation is 1. The predicted octanol–water partition coefficient (Wildman–Crippen LogP) is 3.82. The van der Waals surface area contributed by atoms with Crippen molar-refractivity contribution in [3.8, 4) is 5.75 Å². The van der Waals surface area contributed by atoms with Crippen LogP contribution in [-0.4, -0.2) is 7.11 Å². The molecule has 0 saturated heterocycles. The van der Waals surface area contributed by atoms with Crippen molar-refractivity contribution in [3.63, 3.8) is 0 Å². The molecule has 2 heteroatoms. The quantitative estimate of drug-likeness (QED) is 0.917. The van der Waals surface area contributed by atoms with E-state index in [4.69, 9.17) is 10.5 Å². The lowest BCUT2D eigenvalue weighted by molar-refractivity contribution is 0.412. The number of fused-ring (bicyclic) bond motifs is 1. The molecule has 2 unspecified atom stereocenters. The first-order valence-corrected chi connectivity index (χ1v) is 7.27. The Bertz CT molecular complexity index is 593. The Hall–Kier alpha value is -1.80. The van der Waals surface area contributed by atoms with E-state index in [1.54, 1.807) is 7.11 Å². The first-order chi connectivity index (χ1) is 9.79. The van der Waals surface area contributed by atoms with Crippen LogP contribution in [0.5, 0.6) is 5.75 Å². The lowest BCUT2D eigenvalue weighted by Gasteiger charge is -2.30. The van der Waals surface area contributed by atoms with Crippen LogP contribution in [0.4, 0.5) is 0 Å². The molecule has 0 amide bonds. The van der Waals surface area contributed by atoms with Gasteiger partial charge in [-0.15, -0.1) is 0 Å². The van der Waals surface area contributed by atoms with Gasteiger partial charge in [0.15, 0.2) is 0 Å². The van der Waals surface area contributed by atoms with Crippen LogP contribution in [-0.2, 0) is 6.42 Å². The van der Waals surface area contributed by atoms with Gasteiger partial charge in [-0.25, -0.2) is 0 Å². The van der Waals surface area contributed by atoms with Crippen molar-refractivity contribution in [1.29, 1.82) is 0 Å². The number of nitrogens with two attached hydrogens (primary N) is 1. The minimum atomic E-state index is 0.0338. The van der Waals surface area contributed by atoms with Crippen LogP contribution in [0.25, 0.3) is 0 Å². The predicted molar refractivity (Wildman–Crippen MR) is 82.0 cm³/mol. The Morgan fingerprint density at radius 2 is 2.00 bits per heavy atom. The first-order valence-electron chi connectivity index (χ1n) is 7.27. The molecule has 0 bridgehead atoms. The van der Waals surface area contributed by atoms with Crippen LogP contribution >= 0.6 is 0 Å². The smallest absolute Gasteiger partial charge is 0.119 e. The lowest BCUT2D eigenvalue weighted by atomic mass is 9.77. The lowest BCUT2D eigenvalue weighted by Crippen LogP contribution is -2.23. The molecule has 2 atom stereocenters. The third-order valence-electron chi connectivity index (χ3n) is 4.33. The number of rotatable bonds is 3. The van der Waals surface area contributed by atoms with Crippen molar-refractivity contribution in [2.24, 2.45) is 5.73 Å². The molecule has 2 N–H and O–H groups in total. The van der Waals surface area contributed by atoms with Gasteiger partial charge in [0.05, 0.1) is 7.11 Å². The summed E-state index contributed by atoms with van der Waals surface area (Å²) in [6.07, 6.45) is 3.56. The van der Waals surface area contributed by atoms with E-state index in [1.807, 2.05) is 12.1 Å². The summed E-state index contributed by atoms with van der Waals surface area (Å²) >= 11 is 0. The van der Waals surface area contributed by atoms with Crippen molar-refractivity contribution >= 4 is 0 Å². The highest BCUT2D eigenvalue weighted by Gasteiger charge is 2.26. The van der Waals surface area contributed by atoms with Crippen LogP contribution in [0.2, 0.25) is 0 Å². The van der Waals surface area contributed by atoms with E-state index >= 15 is 0 Å². The third kappa shape index (κ3) is 2.44. The molecule has 20 heavy (non-hydrogen) atoms. The molecular weight excluding hydrogens is 246 g/mol. The number of methoxy groups -OCH3 is 1. The van der Waals surface area contributed by atoms with Crippen molar-refractivity contribution in [2.75, 3.05) is 7.11 Å². The zero-order valence-corrected chi connectivity index (χ0v) is 11.9. The van der Waals surface area contributed by atoms with Gasteiger partial charge >= 0.3 is 0 Å². The molecule has 2 nitrogen and oxygen atoms in total. The Labute approximate surface area is 120 Å². The summed E-state index contributed by atoms with van der Waals surface area (Å²) in [6.45, 7) is 0. The number of benzene rings is 2. The van der Waals surface area contributed by atoms with Gasteiger partial charge in [-0.3, -0.25) is 0 Å². The second kappa shape index (κ2) is 5.68. The molecule has 2 aromatic carbocycles. The summed E-state index contributed by atoms with van der Waals surface area (Å²) < 4.78 is 5.31. The maximum atomic E-state index is 6.55. The van der Waals surface area contributed by atoms with E-state index in [0.29, 0.717) is 5.92 Å². The standard InChI is InChI=1S/C18H21NO/c1-20-15-9-4-8-14(12-15)18(19)17-11-5-7-13-6-2-3-10-16(13)17/h2-4,6,8-10,12,17-18H,5,7,11,19H2,1H3. The molecule has 2 aromatic rings. The SMILES string of the molecule is COc1cccc(C(N)C2CCCc3ccccc32)c1. The first kappa shape index (κ1) is 13.2. The topological polar surface area (TPSA) is 35.2 Å². The van der Waals surface area contributed by atoms with E-state index in [0.717, 1.165) is 17.7 Å². The van der Waals surface area contributed by atoms with Gasteiger partial charge in [-0.2, -0.15) is 0 Å². The average molecular weight is 267 g/mol. The normalized spacial score (nSPS) is 19.2. The minimum Gasteiger partial charge on any atom is -0.497 e. The van der Waals surface area contributed by atoms with E-state index in [9.17, 15) is 0 Å². The number of hydrogen-bond acceptors (Lipinski definition) is 2. The summed E-state index contributed by atoms with van der Waals surface area (Å²) in [4.78, 5) is 0. The molecule has 0 saturated carbocycles. The van der Waals surface area contributed by atoms with Gasteiger partial charge in [0.1, 0.15) is 5.75 Å². The molecule has 1 aliphatic rings. The molecule has 3 rings (SSSR count). The van der Waals surface area contributed by atoms with Crippen molar-refractivity contribution in [2.45, 2.75) is 31.2 Å². The second-order valence-electron chi connectivity index (χ2n) is 5.50. The molecular formula is C18H21NO. The number of hydrogen-bond donors (Lipinski definition) is 1. The van der Waals surface area contributed by atoms with Crippen LogP contribution in [0.1, 0.15) is 41.5 Å². The average Bonchev–Trinajstić information content (AvgIpc) is 2.53. The second-order valence-corrected chi connectivity index (χ2v) is 5.50. The Morgan fingerprint density at radius 3 is 2.85 bits per heavy atom. The monoisotopic (exact) mass is 267 g/mol. The maximum Gasteiger partial charge on any atom is 0.119 e. The van der Waals surface area contributed by atoms with E-state index in [1.165, 1.54) is 24.0 Å².